The lowest BCUT2D eigenvalue weighted by molar-refractivity contribution is 0.103. The summed E-state index contributed by atoms with van der Waals surface area (Å²) >= 11 is 0. The van der Waals surface area contributed by atoms with Crippen molar-refractivity contribution >= 4 is 5.78 Å². The van der Waals surface area contributed by atoms with Crippen molar-refractivity contribution in [3.05, 3.63) is 72.2 Å². The molecule has 0 aliphatic rings. The number of aromatic hydroxyl groups is 2. The van der Waals surface area contributed by atoms with Gasteiger partial charge in [-0.15, -0.1) is 0 Å². The molecule has 0 saturated carbocycles. The second-order valence-electron chi connectivity index (χ2n) is 4.60. The first kappa shape index (κ1) is 13.0. The van der Waals surface area contributed by atoms with Crippen molar-refractivity contribution in [1.29, 1.82) is 0 Å². The van der Waals surface area contributed by atoms with Gasteiger partial charge in [0.2, 0.25) is 0 Å². The van der Waals surface area contributed by atoms with Gasteiger partial charge in [0, 0.05) is 16.7 Å². The number of hydrogen-bond acceptors (Lipinski definition) is 4. The molecule has 2 aromatic carbocycles. The van der Waals surface area contributed by atoms with Gasteiger partial charge in [0.15, 0.2) is 5.78 Å². The summed E-state index contributed by atoms with van der Waals surface area (Å²) in [6.45, 7) is 0. The minimum Gasteiger partial charge on any atom is -0.507 e. The molecule has 2 N–H and O–H groups in total. The molecule has 0 aliphatic carbocycles. The molecule has 0 atom stereocenters. The summed E-state index contributed by atoms with van der Waals surface area (Å²) in [5, 5.41) is 20.2. The van der Waals surface area contributed by atoms with Crippen molar-refractivity contribution in [3.63, 3.8) is 0 Å². The van der Waals surface area contributed by atoms with Gasteiger partial charge in [0.05, 0.1) is 18.1 Å². The third-order valence-corrected chi connectivity index (χ3v) is 3.20. The summed E-state index contributed by atoms with van der Waals surface area (Å²) in [5.41, 5.74) is 1.51. The first-order chi connectivity index (χ1) is 10.2. The molecule has 1 aromatic heterocycles. The Hall–Kier alpha value is -3.01. The number of carbonyl (C=O) groups is 1. The molecule has 0 aliphatic heterocycles. The maximum absolute atomic E-state index is 12.3. The number of carbonyl (C=O) groups excluding carboxylic acids is 1. The Morgan fingerprint density at radius 3 is 2.14 bits per heavy atom. The van der Waals surface area contributed by atoms with E-state index in [1.165, 1.54) is 24.7 Å². The van der Waals surface area contributed by atoms with E-state index in [9.17, 15) is 15.0 Å². The van der Waals surface area contributed by atoms with E-state index < -0.39 is 0 Å². The predicted molar refractivity (Wildman–Crippen MR) is 77.3 cm³/mol. The fraction of sp³-hybridized carbons (Fsp3) is 0. The summed E-state index contributed by atoms with van der Waals surface area (Å²) in [7, 11) is 0. The highest BCUT2D eigenvalue weighted by atomic mass is 16.3. The third-order valence-electron chi connectivity index (χ3n) is 3.20. The van der Waals surface area contributed by atoms with Crippen molar-refractivity contribution in [3.8, 4) is 22.6 Å². The van der Waals surface area contributed by atoms with Crippen molar-refractivity contribution in [1.82, 2.24) is 0 Å². The van der Waals surface area contributed by atoms with Crippen molar-refractivity contribution in [2.24, 2.45) is 0 Å². The van der Waals surface area contributed by atoms with Crippen LogP contribution in [0.5, 0.6) is 11.5 Å². The lowest BCUT2D eigenvalue weighted by atomic mass is 9.98. The fourth-order valence-electron chi connectivity index (χ4n) is 2.20. The number of hydrogen-bond donors (Lipinski definition) is 2. The topological polar surface area (TPSA) is 70.7 Å². The smallest absolute Gasteiger partial charge is 0.193 e. The summed E-state index contributed by atoms with van der Waals surface area (Å²) in [4.78, 5) is 12.3. The molecule has 4 heteroatoms. The molecule has 0 unspecified atom stereocenters. The number of rotatable bonds is 3. The Bertz CT molecular complexity index is 751. The minimum absolute atomic E-state index is 0.171. The summed E-state index contributed by atoms with van der Waals surface area (Å²) < 4.78 is 4.94. The normalized spacial score (nSPS) is 10.5. The number of furan rings is 1. The zero-order chi connectivity index (χ0) is 14.8. The van der Waals surface area contributed by atoms with Gasteiger partial charge in [0.25, 0.3) is 0 Å². The molecule has 4 nitrogen and oxygen atoms in total. The highest BCUT2D eigenvalue weighted by Gasteiger charge is 2.17. The standard InChI is InChI=1S/C17H12O4/c18-14-8-13(17(20)11-4-2-1-3-5-11)9-15(19)16(14)12-6-7-21-10-12/h1-10,18-19H. The van der Waals surface area contributed by atoms with E-state index in [0.29, 0.717) is 11.1 Å². The molecule has 0 saturated heterocycles. The largest absolute Gasteiger partial charge is 0.507 e. The van der Waals surface area contributed by atoms with E-state index >= 15 is 0 Å². The minimum atomic E-state index is -0.264. The van der Waals surface area contributed by atoms with E-state index in [1.807, 2.05) is 6.07 Å². The van der Waals surface area contributed by atoms with Crippen LogP contribution in [0.25, 0.3) is 11.1 Å². The SMILES string of the molecule is O=C(c1ccccc1)c1cc(O)c(-c2ccoc2)c(O)c1. The number of ketones is 1. The van der Waals surface area contributed by atoms with Crippen LogP contribution in [0.15, 0.2) is 65.5 Å². The molecule has 0 fully saturated rings. The fourth-order valence-corrected chi connectivity index (χ4v) is 2.20. The molecular formula is C17H12O4. The van der Waals surface area contributed by atoms with Gasteiger partial charge in [0.1, 0.15) is 11.5 Å². The van der Waals surface area contributed by atoms with E-state index in [4.69, 9.17) is 4.42 Å². The van der Waals surface area contributed by atoms with Crippen LogP contribution in [0.3, 0.4) is 0 Å². The van der Waals surface area contributed by atoms with E-state index in [0.717, 1.165) is 0 Å². The second-order valence-corrected chi connectivity index (χ2v) is 4.60. The maximum atomic E-state index is 12.3. The number of phenols is 2. The third kappa shape index (κ3) is 2.39. The van der Waals surface area contributed by atoms with Crippen LogP contribution >= 0.6 is 0 Å². The zero-order valence-corrected chi connectivity index (χ0v) is 11.0. The highest BCUT2D eigenvalue weighted by molar-refractivity contribution is 6.10. The first-order valence-electron chi connectivity index (χ1n) is 6.35. The van der Waals surface area contributed by atoms with Crippen LogP contribution in [0.4, 0.5) is 0 Å². The van der Waals surface area contributed by atoms with Gasteiger partial charge in [-0.1, -0.05) is 30.3 Å². The van der Waals surface area contributed by atoms with Gasteiger partial charge in [-0.05, 0) is 18.2 Å². The van der Waals surface area contributed by atoms with Crippen LogP contribution in [0, 0.1) is 0 Å². The average molecular weight is 280 g/mol. The lowest BCUT2D eigenvalue weighted by Crippen LogP contribution is -2.01. The Balaban J connectivity index is 2.05. The molecule has 0 amide bonds. The van der Waals surface area contributed by atoms with Crippen LogP contribution in [-0.4, -0.2) is 16.0 Å². The molecular weight excluding hydrogens is 268 g/mol. The van der Waals surface area contributed by atoms with E-state index in [2.05, 4.69) is 0 Å². The monoisotopic (exact) mass is 280 g/mol. The van der Waals surface area contributed by atoms with E-state index in [1.54, 1.807) is 30.3 Å². The highest BCUT2D eigenvalue weighted by Crippen LogP contribution is 2.38. The van der Waals surface area contributed by atoms with Gasteiger partial charge in [-0.25, -0.2) is 0 Å². The number of phenolic OH excluding ortho intramolecular Hbond substituents is 2. The van der Waals surface area contributed by atoms with Crippen molar-refractivity contribution < 1.29 is 19.4 Å². The zero-order valence-electron chi connectivity index (χ0n) is 11.0. The van der Waals surface area contributed by atoms with Crippen LogP contribution < -0.4 is 0 Å². The van der Waals surface area contributed by atoms with Crippen LogP contribution in [0.2, 0.25) is 0 Å². The lowest BCUT2D eigenvalue weighted by Gasteiger charge is -2.08. The Morgan fingerprint density at radius 2 is 1.57 bits per heavy atom. The van der Waals surface area contributed by atoms with Gasteiger partial charge in [-0.3, -0.25) is 4.79 Å². The van der Waals surface area contributed by atoms with Crippen LogP contribution in [0.1, 0.15) is 15.9 Å². The summed E-state index contributed by atoms with van der Waals surface area (Å²) in [5.74, 6) is -0.605. The predicted octanol–water partition coefficient (Wildman–Crippen LogP) is 3.59. The van der Waals surface area contributed by atoms with E-state index in [-0.39, 0.29) is 28.4 Å². The van der Waals surface area contributed by atoms with Crippen molar-refractivity contribution in [2.75, 3.05) is 0 Å². The summed E-state index contributed by atoms with van der Waals surface area (Å²) in [6, 6.07) is 13.0. The molecule has 1 heterocycles. The number of benzene rings is 2. The van der Waals surface area contributed by atoms with Crippen molar-refractivity contribution in [2.45, 2.75) is 0 Å². The maximum Gasteiger partial charge on any atom is 0.193 e. The van der Waals surface area contributed by atoms with Crippen LogP contribution in [-0.2, 0) is 0 Å². The molecule has 0 spiro atoms. The van der Waals surface area contributed by atoms with Gasteiger partial charge in [-0.2, -0.15) is 0 Å². The Labute approximate surface area is 120 Å². The first-order valence-corrected chi connectivity index (χ1v) is 6.35. The molecule has 0 radical (unpaired) electrons. The quantitative estimate of drug-likeness (QED) is 0.719. The van der Waals surface area contributed by atoms with Gasteiger partial charge < -0.3 is 14.6 Å². The summed E-state index contributed by atoms with van der Waals surface area (Å²) in [6.07, 6.45) is 2.85. The molecule has 3 rings (SSSR count). The second kappa shape index (κ2) is 5.17. The molecule has 21 heavy (non-hydrogen) atoms. The molecule has 3 aromatic rings. The van der Waals surface area contributed by atoms with Gasteiger partial charge >= 0.3 is 0 Å². The Kier molecular flexibility index (Phi) is 3.20. The molecule has 0 bridgehead atoms. The molecule has 104 valence electrons. The Morgan fingerprint density at radius 1 is 0.905 bits per heavy atom. The average Bonchev–Trinajstić information content (AvgIpc) is 3.00.